The Hall–Kier alpha value is -2.27. The lowest BCUT2D eigenvalue weighted by molar-refractivity contribution is -0.141. The van der Waals surface area contributed by atoms with E-state index >= 15 is 0 Å². The first-order chi connectivity index (χ1) is 17.6. The van der Waals surface area contributed by atoms with Crippen LogP contribution in [0.15, 0.2) is 12.2 Å². The van der Waals surface area contributed by atoms with Gasteiger partial charge in [0.05, 0.1) is 11.4 Å². The number of hydrogen-bond donors (Lipinski definition) is 3. The van der Waals surface area contributed by atoms with E-state index in [1.807, 2.05) is 12.2 Å². The van der Waals surface area contributed by atoms with Crippen LogP contribution in [0.3, 0.4) is 0 Å². The van der Waals surface area contributed by atoms with Gasteiger partial charge >= 0.3 is 6.09 Å². The molecule has 0 aromatic heterocycles. The van der Waals surface area contributed by atoms with E-state index in [1.165, 1.54) is 4.90 Å². The van der Waals surface area contributed by atoms with Gasteiger partial charge in [-0.05, 0) is 80.1 Å². The van der Waals surface area contributed by atoms with Crippen LogP contribution in [0.4, 0.5) is 4.79 Å². The number of amides is 4. The average Bonchev–Trinajstić information content (AvgIpc) is 3.25. The van der Waals surface area contributed by atoms with E-state index in [1.54, 1.807) is 41.5 Å². The molecule has 2 aliphatic heterocycles. The third-order valence-corrected chi connectivity index (χ3v) is 8.55. The maximum absolute atomic E-state index is 13.6. The Morgan fingerprint density at radius 3 is 2.47 bits per heavy atom. The SMILES string of the molecule is CC(C)(C)OC(=O)N[C@H]1CCCCC/C=C\[C@@H]2C[C@@]2(C(=O)N[S@@+]([O-])C(C)(C)C)NC(=O)[C@@H]2CCCN2C1=O. The highest BCUT2D eigenvalue weighted by Gasteiger charge is 2.62. The van der Waals surface area contributed by atoms with Crippen LogP contribution < -0.4 is 15.4 Å². The number of carbonyl (C=O) groups excluding carboxylic acids is 4. The van der Waals surface area contributed by atoms with Gasteiger partial charge in [-0.3, -0.25) is 14.4 Å². The molecule has 2 heterocycles. The zero-order chi connectivity index (χ0) is 28.3. The number of ether oxygens (including phenoxy) is 1. The smallest absolute Gasteiger partial charge is 0.408 e. The van der Waals surface area contributed by atoms with Crippen molar-refractivity contribution >= 4 is 35.2 Å². The van der Waals surface area contributed by atoms with E-state index < -0.39 is 57.2 Å². The predicted molar refractivity (Wildman–Crippen MR) is 145 cm³/mol. The van der Waals surface area contributed by atoms with Crippen molar-refractivity contribution in [3.8, 4) is 0 Å². The molecule has 0 spiro atoms. The molecule has 3 rings (SSSR count). The highest BCUT2D eigenvalue weighted by molar-refractivity contribution is 7.91. The largest absolute Gasteiger partial charge is 0.593 e. The van der Waals surface area contributed by atoms with Gasteiger partial charge in [-0.15, -0.1) is 0 Å². The van der Waals surface area contributed by atoms with Gasteiger partial charge in [0.1, 0.15) is 28.0 Å². The van der Waals surface area contributed by atoms with E-state index in [9.17, 15) is 23.7 Å². The molecule has 1 aliphatic carbocycles. The second kappa shape index (κ2) is 11.9. The second-order valence-electron chi connectivity index (χ2n) is 12.5. The van der Waals surface area contributed by atoms with E-state index in [0.717, 1.165) is 25.7 Å². The van der Waals surface area contributed by atoms with E-state index in [4.69, 9.17) is 4.74 Å². The van der Waals surface area contributed by atoms with Crippen LogP contribution in [0.25, 0.3) is 0 Å². The number of nitrogens with one attached hydrogen (secondary N) is 3. The van der Waals surface area contributed by atoms with Crippen LogP contribution in [0.1, 0.15) is 92.9 Å². The summed E-state index contributed by atoms with van der Waals surface area (Å²) < 4.78 is 20.0. The number of hydrogen-bond acceptors (Lipinski definition) is 6. The van der Waals surface area contributed by atoms with E-state index in [0.29, 0.717) is 32.2 Å². The summed E-state index contributed by atoms with van der Waals surface area (Å²) in [5.74, 6) is -1.41. The van der Waals surface area contributed by atoms with Crippen molar-refractivity contribution in [2.45, 2.75) is 121 Å². The maximum Gasteiger partial charge on any atom is 0.408 e. The van der Waals surface area contributed by atoms with Gasteiger partial charge in [0.2, 0.25) is 11.8 Å². The van der Waals surface area contributed by atoms with E-state index in [-0.39, 0.29) is 11.8 Å². The monoisotopic (exact) mass is 552 g/mol. The molecule has 0 radical (unpaired) electrons. The summed E-state index contributed by atoms with van der Waals surface area (Å²) >= 11 is -1.63. The Labute approximate surface area is 229 Å². The van der Waals surface area contributed by atoms with Crippen LogP contribution >= 0.6 is 0 Å². The minimum Gasteiger partial charge on any atom is -0.593 e. The third-order valence-electron chi connectivity index (χ3n) is 7.07. The summed E-state index contributed by atoms with van der Waals surface area (Å²) in [6.45, 7) is 11.0. The number of fused-ring (bicyclic) bond motifs is 2. The molecule has 38 heavy (non-hydrogen) atoms. The quantitative estimate of drug-likeness (QED) is 0.363. The lowest BCUT2D eigenvalue weighted by Gasteiger charge is -2.31. The van der Waals surface area contributed by atoms with E-state index in [2.05, 4.69) is 15.4 Å². The normalized spacial score (nSPS) is 30.5. The van der Waals surface area contributed by atoms with Gasteiger partial charge in [0.15, 0.2) is 0 Å². The molecular formula is C27H44N4O6S. The van der Waals surface area contributed by atoms with Crippen LogP contribution in [0.2, 0.25) is 0 Å². The molecule has 2 fully saturated rings. The van der Waals surface area contributed by atoms with Crippen LogP contribution in [0.5, 0.6) is 0 Å². The van der Waals surface area contributed by atoms with Crippen molar-refractivity contribution < 1.29 is 28.5 Å². The zero-order valence-electron chi connectivity index (χ0n) is 23.6. The summed E-state index contributed by atoms with van der Waals surface area (Å²) in [6, 6.07) is -1.56. The van der Waals surface area contributed by atoms with Crippen molar-refractivity contribution in [3.63, 3.8) is 0 Å². The molecule has 1 saturated heterocycles. The summed E-state index contributed by atoms with van der Waals surface area (Å²) in [5, 5.41) is 5.66. The Morgan fingerprint density at radius 2 is 1.82 bits per heavy atom. The van der Waals surface area contributed by atoms with Crippen molar-refractivity contribution in [1.29, 1.82) is 0 Å². The average molecular weight is 553 g/mol. The Bertz CT molecular complexity index is 943. The fourth-order valence-electron chi connectivity index (χ4n) is 4.87. The summed E-state index contributed by atoms with van der Waals surface area (Å²) in [5.41, 5.74) is -1.90. The van der Waals surface area contributed by atoms with Crippen LogP contribution in [0, 0.1) is 5.92 Å². The fraction of sp³-hybridized carbons (Fsp3) is 0.778. The van der Waals surface area contributed by atoms with Gasteiger partial charge in [0.25, 0.3) is 5.91 Å². The minimum absolute atomic E-state index is 0.208. The molecule has 3 N–H and O–H groups in total. The van der Waals surface area contributed by atoms with Crippen molar-refractivity contribution in [2.75, 3.05) is 6.54 Å². The molecule has 4 amide bonds. The van der Waals surface area contributed by atoms with Crippen molar-refractivity contribution in [1.82, 2.24) is 20.3 Å². The number of rotatable bonds is 3. The standard InChI is InChI=1S/C27H44N4O6S/c1-25(2,3)37-24(35)28-19-14-11-9-7-8-10-13-18-17-27(18,23(34)30-38(36)26(4,5)6)29-21(32)20-15-12-16-31(20)22(19)33/h10,13,18-20H,7-9,11-12,14-17H2,1-6H3,(H,28,35)(H,29,32)(H,30,34)/b13-10-/t18-,19+,20+,27-,38+/m1/s1. The molecular weight excluding hydrogens is 508 g/mol. The molecule has 214 valence electrons. The number of nitrogens with zero attached hydrogens (tertiary/aromatic N) is 1. The molecule has 0 unspecified atom stereocenters. The molecule has 0 bridgehead atoms. The molecule has 11 heteroatoms. The number of alkyl carbamates (subject to hydrolysis) is 1. The molecule has 10 nitrogen and oxygen atoms in total. The maximum atomic E-state index is 13.6. The topological polar surface area (TPSA) is 140 Å². The lowest BCUT2D eigenvalue weighted by Crippen LogP contribution is -2.59. The van der Waals surface area contributed by atoms with Gasteiger partial charge in [-0.1, -0.05) is 25.0 Å². The van der Waals surface area contributed by atoms with Gasteiger partial charge < -0.3 is 24.8 Å². The molecule has 3 aliphatic rings. The highest BCUT2D eigenvalue weighted by Crippen LogP contribution is 2.46. The summed E-state index contributed by atoms with van der Waals surface area (Å²) in [7, 11) is 0. The Morgan fingerprint density at radius 1 is 1.11 bits per heavy atom. The lowest BCUT2D eigenvalue weighted by atomic mass is 10.0. The molecule has 0 aromatic carbocycles. The first kappa shape index (κ1) is 30.3. The highest BCUT2D eigenvalue weighted by atomic mass is 32.2. The summed E-state index contributed by atoms with van der Waals surface area (Å²) in [6.07, 6.45) is 8.56. The molecule has 5 atom stereocenters. The minimum atomic E-state index is -1.63. The van der Waals surface area contributed by atoms with Crippen LogP contribution in [-0.4, -0.2) is 67.8 Å². The molecule has 0 aromatic rings. The first-order valence-electron chi connectivity index (χ1n) is 13.7. The zero-order valence-corrected chi connectivity index (χ0v) is 24.4. The van der Waals surface area contributed by atoms with Gasteiger partial charge in [0, 0.05) is 12.5 Å². The predicted octanol–water partition coefficient (Wildman–Crippen LogP) is 2.84. The van der Waals surface area contributed by atoms with Crippen LogP contribution in [-0.2, 0) is 30.5 Å². The first-order valence-corrected chi connectivity index (χ1v) is 14.8. The number of allylic oxidation sites excluding steroid dienone is 1. The molecule has 1 saturated carbocycles. The Kier molecular flexibility index (Phi) is 9.45. The third kappa shape index (κ3) is 7.65. The van der Waals surface area contributed by atoms with Gasteiger partial charge in [-0.25, -0.2) is 4.79 Å². The summed E-state index contributed by atoms with van der Waals surface area (Å²) in [4.78, 5) is 54.5. The number of carbonyl (C=O) groups is 4. The Balaban J connectivity index is 1.82. The van der Waals surface area contributed by atoms with Gasteiger partial charge in [-0.2, -0.15) is 4.72 Å². The van der Waals surface area contributed by atoms with Crippen molar-refractivity contribution in [2.24, 2.45) is 5.92 Å². The second-order valence-corrected chi connectivity index (χ2v) is 14.5. The van der Waals surface area contributed by atoms with Crippen molar-refractivity contribution in [3.05, 3.63) is 12.2 Å². The fourth-order valence-corrected chi connectivity index (χ4v) is 5.53.